The maximum Gasteiger partial charge on any atom is 0.252 e. The summed E-state index contributed by atoms with van der Waals surface area (Å²) in [4.78, 5) is 18.8. The van der Waals surface area contributed by atoms with Crippen LogP contribution in [-0.2, 0) is 6.54 Å². The number of carbonyl (C=O) groups is 1. The monoisotopic (exact) mass is 452 g/mol. The first-order valence-corrected chi connectivity index (χ1v) is 10.3. The fraction of sp³-hybridized carbons (Fsp3) is 0.0909. The van der Waals surface area contributed by atoms with Crippen LogP contribution < -0.4 is 10.1 Å². The first-order chi connectivity index (χ1) is 13.7. The molecule has 4 aromatic rings. The number of aromatic nitrogens is 1. The van der Waals surface area contributed by atoms with Crippen molar-refractivity contribution in [3.8, 4) is 16.3 Å². The Morgan fingerprint density at radius 1 is 1.11 bits per heavy atom. The molecule has 2 aromatic heterocycles. The van der Waals surface area contributed by atoms with Gasteiger partial charge in [-0.2, -0.15) is 0 Å². The molecule has 0 saturated carbocycles. The molecule has 0 saturated heterocycles. The lowest BCUT2D eigenvalue weighted by atomic mass is 10.1. The van der Waals surface area contributed by atoms with E-state index < -0.39 is 0 Å². The van der Waals surface area contributed by atoms with E-state index in [1.165, 1.54) is 0 Å². The Morgan fingerprint density at radius 2 is 1.89 bits per heavy atom. The lowest BCUT2D eigenvalue weighted by molar-refractivity contribution is 0.0952. The largest absolute Gasteiger partial charge is 0.496 e. The van der Waals surface area contributed by atoms with E-state index in [4.69, 9.17) is 9.72 Å². The molecule has 6 heteroatoms. The summed E-state index contributed by atoms with van der Waals surface area (Å²) in [7, 11) is 1.63. The number of benzene rings is 2. The second-order valence-electron chi connectivity index (χ2n) is 6.17. The van der Waals surface area contributed by atoms with Crippen molar-refractivity contribution in [2.45, 2.75) is 6.54 Å². The van der Waals surface area contributed by atoms with Crippen molar-refractivity contribution in [2.24, 2.45) is 0 Å². The van der Waals surface area contributed by atoms with Gasteiger partial charge in [-0.25, -0.2) is 4.98 Å². The number of hydrogen-bond acceptors (Lipinski definition) is 4. The van der Waals surface area contributed by atoms with E-state index in [0.717, 1.165) is 36.6 Å². The van der Waals surface area contributed by atoms with Crippen LogP contribution in [0.4, 0.5) is 0 Å². The molecule has 0 fully saturated rings. The Balaban J connectivity index is 1.69. The van der Waals surface area contributed by atoms with Crippen molar-refractivity contribution in [2.75, 3.05) is 7.11 Å². The number of carbonyl (C=O) groups excluding carboxylic acids is 1. The van der Waals surface area contributed by atoms with Gasteiger partial charge in [-0.05, 0) is 46.3 Å². The highest BCUT2D eigenvalue weighted by Crippen LogP contribution is 2.32. The summed E-state index contributed by atoms with van der Waals surface area (Å²) in [6.45, 7) is 0.388. The molecule has 0 spiro atoms. The van der Waals surface area contributed by atoms with Crippen LogP contribution in [0.1, 0.15) is 15.9 Å². The summed E-state index contributed by atoms with van der Waals surface area (Å²) in [5, 5.41) is 3.85. The van der Waals surface area contributed by atoms with Crippen LogP contribution in [0.15, 0.2) is 70.5 Å². The highest BCUT2D eigenvalue weighted by atomic mass is 79.9. The van der Waals surface area contributed by atoms with Crippen LogP contribution in [0, 0.1) is 0 Å². The summed E-state index contributed by atoms with van der Waals surface area (Å²) >= 11 is 5.08. The number of halogens is 1. The zero-order valence-electron chi connectivity index (χ0n) is 15.1. The topological polar surface area (TPSA) is 51.2 Å². The lowest BCUT2D eigenvalue weighted by Crippen LogP contribution is -2.23. The molecule has 0 aliphatic heterocycles. The summed E-state index contributed by atoms with van der Waals surface area (Å²) in [5.41, 5.74) is 3.13. The zero-order chi connectivity index (χ0) is 19.5. The first-order valence-electron chi connectivity index (χ1n) is 8.71. The smallest absolute Gasteiger partial charge is 0.252 e. The third-order valence-corrected chi connectivity index (χ3v) is 6.06. The van der Waals surface area contributed by atoms with Gasteiger partial charge in [0.05, 0.1) is 32.5 Å². The predicted octanol–water partition coefficient (Wildman–Crippen LogP) is 5.66. The van der Waals surface area contributed by atoms with Crippen molar-refractivity contribution in [1.29, 1.82) is 0 Å². The SMILES string of the molecule is COc1ccccc1CNC(=O)c1cc(-c2ccc(Br)s2)nc2ccccc12. The highest BCUT2D eigenvalue weighted by Gasteiger charge is 2.15. The van der Waals surface area contributed by atoms with E-state index in [0.29, 0.717) is 12.1 Å². The third kappa shape index (κ3) is 3.79. The molecule has 0 bridgehead atoms. The van der Waals surface area contributed by atoms with E-state index in [1.807, 2.05) is 66.7 Å². The molecule has 28 heavy (non-hydrogen) atoms. The Labute approximate surface area is 175 Å². The van der Waals surface area contributed by atoms with Crippen LogP contribution in [0.25, 0.3) is 21.5 Å². The van der Waals surface area contributed by atoms with Crippen molar-refractivity contribution in [3.63, 3.8) is 0 Å². The molecular weight excluding hydrogens is 436 g/mol. The van der Waals surface area contributed by atoms with Crippen LogP contribution in [-0.4, -0.2) is 18.0 Å². The number of amides is 1. The summed E-state index contributed by atoms with van der Waals surface area (Å²) in [6, 6.07) is 21.2. The third-order valence-electron chi connectivity index (χ3n) is 4.42. The molecule has 2 heterocycles. The average molecular weight is 453 g/mol. The van der Waals surface area contributed by atoms with Crippen LogP contribution in [0.2, 0.25) is 0 Å². The summed E-state index contributed by atoms with van der Waals surface area (Å²) in [6.07, 6.45) is 0. The molecule has 4 nitrogen and oxygen atoms in total. The molecule has 0 unspecified atom stereocenters. The first kappa shape index (κ1) is 18.7. The van der Waals surface area contributed by atoms with Crippen molar-refractivity contribution in [1.82, 2.24) is 10.3 Å². The summed E-state index contributed by atoms with van der Waals surface area (Å²) < 4.78 is 6.40. The number of pyridine rings is 1. The normalized spacial score (nSPS) is 10.8. The number of rotatable bonds is 5. The van der Waals surface area contributed by atoms with Crippen molar-refractivity contribution < 1.29 is 9.53 Å². The molecule has 4 rings (SSSR count). The highest BCUT2D eigenvalue weighted by molar-refractivity contribution is 9.11. The maximum absolute atomic E-state index is 13.0. The number of nitrogens with one attached hydrogen (secondary N) is 1. The molecular formula is C22H17BrN2O2S. The van der Waals surface area contributed by atoms with Gasteiger partial charge in [0, 0.05) is 17.5 Å². The van der Waals surface area contributed by atoms with Crippen molar-refractivity contribution in [3.05, 3.63) is 81.6 Å². The zero-order valence-corrected chi connectivity index (χ0v) is 17.5. The number of thiophene rings is 1. The van der Waals surface area contributed by atoms with E-state index in [9.17, 15) is 4.79 Å². The Morgan fingerprint density at radius 3 is 2.68 bits per heavy atom. The number of nitrogens with zero attached hydrogens (tertiary/aromatic N) is 1. The Bertz CT molecular complexity index is 1160. The van der Waals surface area contributed by atoms with E-state index >= 15 is 0 Å². The van der Waals surface area contributed by atoms with Gasteiger partial charge in [0.1, 0.15) is 5.75 Å². The number of para-hydroxylation sites is 2. The van der Waals surface area contributed by atoms with Gasteiger partial charge in [0.2, 0.25) is 0 Å². The summed E-state index contributed by atoms with van der Waals surface area (Å²) in [5.74, 6) is 0.618. The molecule has 0 aliphatic carbocycles. The Hall–Kier alpha value is -2.70. The van der Waals surface area contributed by atoms with Crippen molar-refractivity contribution >= 4 is 44.1 Å². The molecule has 0 aliphatic rings. The van der Waals surface area contributed by atoms with Crippen LogP contribution in [0.5, 0.6) is 5.75 Å². The van der Waals surface area contributed by atoms with E-state index in [-0.39, 0.29) is 5.91 Å². The standard InChI is InChI=1S/C22H17BrN2O2S/c1-27-19-9-5-2-6-14(19)13-24-22(26)16-12-18(20-10-11-21(23)28-20)25-17-8-4-3-7-15(16)17/h2-12H,13H2,1H3,(H,24,26). The number of methoxy groups -OCH3 is 1. The van der Waals surface area contributed by atoms with E-state index in [2.05, 4.69) is 21.2 Å². The molecule has 1 N–H and O–H groups in total. The maximum atomic E-state index is 13.0. The second kappa shape index (κ2) is 8.12. The molecule has 2 aromatic carbocycles. The second-order valence-corrected chi connectivity index (χ2v) is 8.63. The van der Waals surface area contributed by atoms with Gasteiger partial charge in [0.15, 0.2) is 0 Å². The van der Waals surface area contributed by atoms with E-state index in [1.54, 1.807) is 18.4 Å². The molecule has 0 radical (unpaired) electrons. The lowest BCUT2D eigenvalue weighted by Gasteiger charge is -2.12. The minimum Gasteiger partial charge on any atom is -0.496 e. The van der Waals surface area contributed by atoms with Gasteiger partial charge < -0.3 is 10.1 Å². The minimum absolute atomic E-state index is 0.138. The fourth-order valence-corrected chi connectivity index (χ4v) is 4.41. The molecule has 1 amide bonds. The number of ether oxygens (including phenoxy) is 1. The molecule has 140 valence electrons. The minimum atomic E-state index is -0.138. The van der Waals surface area contributed by atoms with Gasteiger partial charge in [-0.15, -0.1) is 11.3 Å². The fourth-order valence-electron chi connectivity index (χ4n) is 3.06. The quantitative estimate of drug-likeness (QED) is 0.424. The predicted molar refractivity (Wildman–Crippen MR) is 117 cm³/mol. The van der Waals surface area contributed by atoms with Gasteiger partial charge in [-0.1, -0.05) is 36.4 Å². The Kier molecular flexibility index (Phi) is 5.41. The van der Waals surface area contributed by atoms with Gasteiger partial charge in [0.25, 0.3) is 5.91 Å². The number of fused-ring (bicyclic) bond motifs is 1. The van der Waals surface area contributed by atoms with Gasteiger partial charge in [-0.3, -0.25) is 4.79 Å². The van der Waals surface area contributed by atoms with Crippen LogP contribution in [0.3, 0.4) is 0 Å². The van der Waals surface area contributed by atoms with Crippen LogP contribution >= 0.6 is 27.3 Å². The number of hydrogen-bond donors (Lipinski definition) is 1. The average Bonchev–Trinajstić information content (AvgIpc) is 3.17. The van der Waals surface area contributed by atoms with Gasteiger partial charge >= 0.3 is 0 Å². The molecule has 0 atom stereocenters.